The van der Waals surface area contributed by atoms with E-state index in [0.29, 0.717) is 6.07 Å². The number of halogens is 6. The number of nitrogens with one attached hydrogen (secondary N) is 1. The van der Waals surface area contributed by atoms with Crippen LogP contribution in [0.15, 0.2) is 42.6 Å². The molecule has 0 aliphatic carbocycles. The average Bonchev–Trinajstić information content (AvgIpc) is 2.74. The van der Waals surface area contributed by atoms with E-state index in [4.69, 9.17) is 22.1 Å². The number of hydrogen-bond donors (Lipinski definition) is 2. The summed E-state index contributed by atoms with van der Waals surface area (Å²) in [4.78, 5) is 27.8. The third-order valence-corrected chi connectivity index (χ3v) is 4.60. The highest BCUT2D eigenvalue weighted by Gasteiger charge is 2.41. The molecule has 1 aromatic heterocycles. The summed E-state index contributed by atoms with van der Waals surface area (Å²) in [5, 5.41) is 1.85. The molecule has 0 saturated heterocycles. The number of anilines is 1. The Kier molecular flexibility index (Phi) is 6.91. The number of pyridine rings is 1. The summed E-state index contributed by atoms with van der Waals surface area (Å²) in [6, 6.07) is 5.67. The van der Waals surface area contributed by atoms with Crippen LogP contribution in [0.5, 0.6) is 17.2 Å². The molecule has 0 atom stereocenters. The molecule has 0 aliphatic heterocycles. The van der Waals surface area contributed by atoms with Crippen LogP contribution in [-0.4, -0.2) is 23.9 Å². The van der Waals surface area contributed by atoms with Crippen molar-refractivity contribution in [1.29, 1.82) is 0 Å². The van der Waals surface area contributed by atoms with Crippen LogP contribution in [-0.2, 0) is 6.18 Å². The molecule has 0 bridgehead atoms. The minimum Gasteiger partial charge on any atom is -0.496 e. The van der Waals surface area contributed by atoms with Crippen molar-refractivity contribution in [3.63, 3.8) is 0 Å². The highest BCUT2D eigenvalue weighted by molar-refractivity contribution is 6.32. The van der Waals surface area contributed by atoms with Gasteiger partial charge in [-0.15, -0.1) is 0 Å². The third kappa shape index (κ3) is 5.17. The second-order valence-electron chi connectivity index (χ2n) is 6.56. The van der Waals surface area contributed by atoms with Crippen LogP contribution in [0, 0.1) is 11.6 Å². The summed E-state index contributed by atoms with van der Waals surface area (Å²) in [6.45, 7) is 0. The molecule has 1 heterocycles. The van der Waals surface area contributed by atoms with E-state index < -0.39 is 52.3 Å². The maximum atomic E-state index is 15.2. The molecule has 0 saturated carbocycles. The number of rotatable bonds is 6. The van der Waals surface area contributed by atoms with Crippen molar-refractivity contribution in [1.82, 2.24) is 4.98 Å². The Bertz CT molecular complexity index is 1280. The van der Waals surface area contributed by atoms with Gasteiger partial charge in [0.15, 0.2) is 5.82 Å². The van der Waals surface area contributed by atoms with E-state index in [1.165, 1.54) is 6.07 Å². The van der Waals surface area contributed by atoms with Gasteiger partial charge in [-0.25, -0.2) is 8.78 Å². The van der Waals surface area contributed by atoms with Gasteiger partial charge in [-0.1, -0.05) is 11.6 Å². The molecule has 0 unspecified atom stereocenters. The van der Waals surface area contributed by atoms with E-state index in [9.17, 15) is 27.2 Å². The largest absolute Gasteiger partial charge is 0.496 e. The fourth-order valence-electron chi connectivity index (χ4n) is 2.84. The van der Waals surface area contributed by atoms with Crippen molar-refractivity contribution < 1.29 is 41.0 Å². The van der Waals surface area contributed by atoms with Gasteiger partial charge in [-0.2, -0.15) is 13.2 Å². The summed E-state index contributed by atoms with van der Waals surface area (Å²) in [7, 11) is 0.862. The lowest BCUT2D eigenvalue weighted by Gasteiger charge is -2.19. The van der Waals surface area contributed by atoms with Crippen LogP contribution in [0.2, 0.25) is 5.02 Å². The zero-order chi connectivity index (χ0) is 25.2. The molecule has 0 fully saturated rings. The van der Waals surface area contributed by atoms with E-state index >= 15 is 4.39 Å². The maximum absolute atomic E-state index is 15.2. The standard InChI is InChI=1S/C21H13ClF5N3O4/c1-33-15-8-14(34-13-3-2-9(23)6-11(13)22)16(18(24)17(15)21(25,26)27)20(32)30-10-4-5-29-12(7-10)19(28)31/h2-8H,1H3,(H2,28,31)(H,29,30,32). The van der Waals surface area contributed by atoms with Crippen molar-refractivity contribution in [3.05, 3.63) is 76.1 Å². The minimum absolute atomic E-state index is 0.122. The Labute approximate surface area is 193 Å². The molecular formula is C21H13ClF5N3O4. The van der Waals surface area contributed by atoms with Crippen molar-refractivity contribution in [2.24, 2.45) is 5.73 Å². The number of carbonyl (C=O) groups excluding carboxylic acids is 2. The second-order valence-corrected chi connectivity index (χ2v) is 6.97. The molecular weight excluding hydrogens is 489 g/mol. The van der Waals surface area contributed by atoms with E-state index in [2.05, 4.69) is 15.0 Å². The summed E-state index contributed by atoms with van der Waals surface area (Å²) < 4.78 is 79.2. The van der Waals surface area contributed by atoms with Crippen LogP contribution in [0.25, 0.3) is 0 Å². The topological polar surface area (TPSA) is 104 Å². The average molecular weight is 502 g/mol. The number of nitrogens with two attached hydrogens (primary N) is 1. The van der Waals surface area contributed by atoms with E-state index in [0.717, 1.165) is 37.6 Å². The summed E-state index contributed by atoms with van der Waals surface area (Å²) in [5.74, 6) is -7.02. The van der Waals surface area contributed by atoms with Gasteiger partial charge < -0.3 is 20.5 Å². The highest BCUT2D eigenvalue weighted by Crippen LogP contribution is 2.44. The van der Waals surface area contributed by atoms with Gasteiger partial charge in [0.2, 0.25) is 0 Å². The van der Waals surface area contributed by atoms with Gasteiger partial charge in [0, 0.05) is 18.0 Å². The first-order chi connectivity index (χ1) is 15.9. The van der Waals surface area contributed by atoms with E-state index in [-0.39, 0.29) is 22.2 Å². The number of nitrogens with zero attached hydrogens (tertiary/aromatic N) is 1. The first kappa shape index (κ1) is 24.7. The Hall–Kier alpha value is -3.93. The molecule has 7 nitrogen and oxygen atoms in total. The first-order valence-electron chi connectivity index (χ1n) is 9.10. The Balaban J connectivity index is 2.16. The number of hydrogen-bond acceptors (Lipinski definition) is 5. The lowest BCUT2D eigenvalue weighted by molar-refractivity contribution is -0.141. The normalized spacial score (nSPS) is 11.1. The summed E-state index contributed by atoms with van der Waals surface area (Å²) in [6.07, 6.45) is -4.15. The zero-order valence-corrected chi connectivity index (χ0v) is 17.7. The van der Waals surface area contributed by atoms with Crippen LogP contribution in [0.4, 0.5) is 27.6 Å². The summed E-state index contributed by atoms with van der Waals surface area (Å²) >= 11 is 5.88. The van der Waals surface area contributed by atoms with Gasteiger partial charge in [0.25, 0.3) is 11.8 Å². The van der Waals surface area contributed by atoms with Crippen LogP contribution >= 0.6 is 11.6 Å². The van der Waals surface area contributed by atoms with Crippen LogP contribution in [0.3, 0.4) is 0 Å². The maximum Gasteiger partial charge on any atom is 0.422 e. The number of alkyl halides is 3. The lowest BCUT2D eigenvalue weighted by atomic mass is 10.0. The minimum atomic E-state index is -5.24. The highest BCUT2D eigenvalue weighted by atomic mass is 35.5. The number of carbonyl (C=O) groups is 2. The van der Waals surface area contributed by atoms with Gasteiger partial charge >= 0.3 is 6.18 Å². The smallest absolute Gasteiger partial charge is 0.422 e. The van der Waals surface area contributed by atoms with Gasteiger partial charge in [0.1, 0.15) is 39.9 Å². The van der Waals surface area contributed by atoms with E-state index in [1.807, 2.05) is 0 Å². The molecule has 3 aromatic rings. The molecule has 34 heavy (non-hydrogen) atoms. The third-order valence-electron chi connectivity index (χ3n) is 4.31. The number of ether oxygens (including phenoxy) is 2. The quantitative estimate of drug-likeness (QED) is 0.453. The monoisotopic (exact) mass is 501 g/mol. The SMILES string of the molecule is COc1cc(Oc2ccc(F)cc2Cl)c(C(=O)Nc2ccnc(C(N)=O)c2)c(F)c1C(F)(F)F. The predicted octanol–water partition coefficient (Wildman–Crippen LogP) is 5.18. The molecule has 3 N–H and O–H groups in total. The number of primary amides is 1. The second kappa shape index (κ2) is 9.51. The molecule has 0 spiro atoms. The Morgan fingerprint density at radius 3 is 2.35 bits per heavy atom. The van der Waals surface area contributed by atoms with Gasteiger partial charge in [-0.3, -0.25) is 14.6 Å². The molecule has 2 aromatic carbocycles. The van der Waals surface area contributed by atoms with Crippen molar-refractivity contribution in [2.75, 3.05) is 12.4 Å². The fraction of sp³-hybridized carbons (Fsp3) is 0.0952. The predicted molar refractivity (Wildman–Crippen MR) is 110 cm³/mol. The number of methoxy groups -OCH3 is 1. The number of amides is 2. The van der Waals surface area contributed by atoms with E-state index in [1.54, 1.807) is 0 Å². The van der Waals surface area contributed by atoms with Crippen LogP contribution < -0.4 is 20.5 Å². The van der Waals surface area contributed by atoms with Gasteiger partial charge in [-0.05, 0) is 30.3 Å². The van der Waals surface area contributed by atoms with Crippen molar-refractivity contribution in [3.8, 4) is 17.2 Å². The molecule has 2 amide bonds. The first-order valence-corrected chi connectivity index (χ1v) is 9.48. The molecule has 0 aliphatic rings. The molecule has 178 valence electrons. The molecule has 0 radical (unpaired) electrons. The molecule has 13 heteroatoms. The zero-order valence-electron chi connectivity index (χ0n) is 17.0. The number of benzene rings is 2. The van der Waals surface area contributed by atoms with Gasteiger partial charge in [0.05, 0.1) is 12.1 Å². The van der Waals surface area contributed by atoms with Crippen molar-refractivity contribution >= 4 is 29.1 Å². The lowest BCUT2D eigenvalue weighted by Crippen LogP contribution is -2.20. The fourth-order valence-corrected chi connectivity index (χ4v) is 3.04. The van der Waals surface area contributed by atoms with Crippen LogP contribution in [0.1, 0.15) is 26.4 Å². The Morgan fingerprint density at radius 1 is 1.06 bits per heavy atom. The summed E-state index contributed by atoms with van der Waals surface area (Å²) in [5.41, 5.74) is 1.71. The number of aromatic nitrogens is 1. The Morgan fingerprint density at radius 2 is 1.76 bits per heavy atom. The molecule has 3 rings (SSSR count). The van der Waals surface area contributed by atoms with Crippen molar-refractivity contribution in [2.45, 2.75) is 6.18 Å².